The number of halogens is 4. The van der Waals surface area contributed by atoms with E-state index in [0.29, 0.717) is 11.1 Å². The van der Waals surface area contributed by atoms with Crippen molar-refractivity contribution in [3.63, 3.8) is 0 Å². The van der Waals surface area contributed by atoms with Gasteiger partial charge in [-0.15, -0.1) is 13.2 Å². The number of alkyl halides is 3. The van der Waals surface area contributed by atoms with Crippen LogP contribution in [-0.4, -0.2) is 26.1 Å². The lowest BCUT2D eigenvalue weighted by Gasteiger charge is -2.23. The molecule has 1 aliphatic heterocycles. The summed E-state index contributed by atoms with van der Waals surface area (Å²) in [6.07, 6.45) is -3.05. The van der Waals surface area contributed by atoms with E-state index in [4.69, 9.17) is 4.74 Å². The zero-order chi connectivity index (χ0) is 19.4. The highest BCUT2D eigenvalue weighted by Crippen LogP contribution is 2.37. The fraction of sp³-hybridized carbons (Fsp3) is 0.400. The van der Waals surface area contributed by atoms with E-state index in [0.717, 1.165) is 31.5 Å². The summed E-state index contributed by atoms with van der Waals surface area (Å²) in [6, 6.07) is 8.58. The van der Waals surface area contributed by atoms with E-state index < -0.39 is 17.9 Å². The molecule has 2 aromatic carbocycles. The molecule has 3 rings (SSSR count). The first-order chi connectivity index (χ1) is 12.8. The molecule has 3 nitrogen and oxygen atoms in total. The van der Waals surface area contributed by atoms with Crippen molar-refractivity contribution in [2.45, 2.75) is 26.1 Å². The maximum Gasteiger partial charge on any atom is 0.573 e. The van der Waals surface area contributed by atoms with Crippen molar-refractivity contribution in [3.8, 4) is 22.6 Å². The van der Waals surface area contributed by atoms with Gasteiger partial charge in [0, 0.05) is 5.56 Å². The van der Waals surface area contributed by atoms with Gasteiger partial charge in [-0.2, -0.15) is 0 Å². The molecule has 0 amide bonds. The fourth-order valence-corrected chi connectivity index (χ4v) is 3.11. The summed E-state index contributed by atoms with van der Waals surface area (Å²) < 4.78 is 62.1. The first-order valence-corrected chi connectivity index (χ1v) is 8.81. The third kappa shape index (κ3) is 5.35. The molecule has 27 heavy (non-hydrogen) atoms. The van der Waals surface area contributed by atoms with Crippen LogP contribution in [0.15, 0.2) is 36.4 Å². The van der Waals surface area contributed by atoms with Crippen LogP contribution in [0, 0.1) is 18.7 Å². The van der Waals surface area contributed by atoms with Gasteiger partial charge in [-0.3, -0.25) is 0 Å². The molecule has 1 aliphatic rings. The molecule has 0 aliphatic carbocycles. The summed E-state index contributed by atoms with van der Waals surface area (Å²) in [5, 5.41) is 3.23. The van der Waals surface area contributed by atoms with Crippen LogP contribution in [0.3, 0.4) is 0 Å². The largest absolute Gasteiger partial charge is 0.573 e. The summed E-state index contributed by atoms with van der Waals surface area (Å²) >= 11 is 0. The average molecular weight is 383 g/mol. The number of aryl methyl sites for hydroxylation is 1. The molecule has 0 aromatic heterocycles. The Morgan fingerprint density at radius 1 is 1.04 bits per heavy atom. The van der Waals surface area contributed by atoms with Crippen LogP contribution < -0.4 is 14.8 Å². The Morgan fingerprint density at radius 2 is 1.78 bits per heavy atom. The van der Waals surface area contributed by atoms with Crippen LogP contribution >= 0.6 is 0 Å². The minimum Gasteiger partial charge on any atom is -0.489 e. The zero-order valence-corrected chi connectivity index (χ0v) is 14.9. The van der Waals surface area contributed by atoms with Gasteiger partial charge < -0.3 is 14.8 Å². The van der Waals surface area contributed by atoms with Gasteiger partial charge in [0.05, 0.1) is 6.61 Å². The molecule has 0 saturated carbocycles. The molecular formula is C20H21F4NO2. The van der Waals surface area contributed by atoms with Crippen LogP contribution in [0.2, 0.25) is 0 Å². The van der Waals surface area contributed by atoms with Crippen molar-refractivity contribution in [1.82, 2.24) is 5.32 Å². The molecule has 0 bridgehead atoms. The van der Waals surface area contributed by atoms with Gasteiger partial charge in [0.2, 0.25) is 0 Å². The van der Waals surface area contributed by atoms with E-state index in [2.05, 4.69) is 10.1 Å². The van der Waals surface area contributed by atoms with Crippen LogP contribution in [0.4, 0.5) is 17.6 Å². The molecule has 1 fully saturated rings. The Labute approximate surface area is 155 Å². The maximum atomic E-state index is 14.2. The lowest BCUT2D eigenvalue weighted by Crippen LogP contribution is -2.30. The third-order valence-electron chi connectivity index (χ3n) is 4.54. The Bertz CT molecular complexity index is 786. The third-order valence-corrected chi connectivity index (χ3v) is 4.54. The molecule has 0 atom stereocenters. The number of rotatable bonds is 5. The number of ether oxygens (including phenoxy) is 2. The summed E-state index contributed by atoms with van der Waals surface area (Å²) in [5.41, 5.74) is 1.59. The van der Waals surface area contributed by atoms with Crippen molar-refractivity contribution < 1.29 is 27.0 Å². The lowest BCUT2D eigenvalue weighted by atomic mass is 9.99. The van der Waals surface area contributed by atoms with Crippen molar-refractivity contribution >= 4 is 0 Å². The van der Waals surface area contributed by atoms with Gasteiger partial charge >= 0.3 is 6.36 Å². The SMILES string of the molecule is Cc1ccc(F)c(-c2ccc(OC(F)(F)F)c(OCC3CCNCC3)c2)c1. The number of hydrogen-bond acceptors (Lipinski definition) is 3. The highest BCUT2D eigenvalue weighted by molar-refractivity contribution is 5.68. The van der Waals surface area contributed by atoms with E-state index in [9.17, 15) is 17.6 Å². The Hall–Kier alpha value is -2.28. The van der Waals surface area contributed by atoms with Gasteiger partial charge in [0.25, 0.3) is 0 Å². The molecule has 1 N–H and O–H groups in total. The first kappa shape index (κ1) is 19.5. The fourth-order valence-electron chi connectivity index (χ4n) is 3.11. The normalized spacial score (nSPS) is 15.6. The average Bonchev–Trinajstić information content (AvgIpc) is 2.62. The number of piperidine rings is 1. The van der Waals surface area contributed by atoms with Crippen molar-refractivity contribution in [3.05, 3.63) is 47.8 Å². The molecule has 0 spiro atoms. The van der Waals surface area contributed by atoms with Crippen molar-refractivity contribution in [2.75, 3.05) is 19.7 Å². The highest BCUT2D eigenvalue weighted by atomic mass is 19.4. The lowest BCUT2D eigenvalue weighted by molar-refractivity contribution is -0.275. The van der Waals surface area contributed by atoms with Gasteiger partial charge in [0.1, 0.15) is 5.82 Å². The van der Waals surface area contributed by atoms with Gasteiger partial charge in [-0.1, -0.05) is 17.7 Å². The van der Waals surface area contributed by atoms with Crippen molar-refractivity contribution in [2.24, 2.45) is 5.92 Å². The second kappa shape index (κ2) is 8.17. The van der Waals surface area contributed by atoms with E-state index in [-0.39, 0.29) is 18.3 Å². The van der Waals surface area contributed by atoms with Crippen molar-refractivity contribution in [1.29, 1.82) is 0 Å². The van der Waals surface area contributed by atoms with E-state index in [1.807, 2.05) is 6.92 Å². The second-order valence-corrected chi connectivity index (χ2v) is 6.70. The predicted octanol–water partition coefficient (Wildman–Crippen LogP) is 5.08. The maximum absolute atomic E-state index is 14.2. The second-order valence-electron chi connectivity index (χ2n) is 6.70. The molecule has 0 unspecified atom stereocenters. The highest BCUT2D eigenvalue weighted by Gasteiger charge is 2.32. The summed E-state index contributed by atoms with van der Waals surface area (Å²) in [4.78, 5) is 0. The monoisotopic (exact) mass is 383 g/mol. The van der Waals surface area contributed by atoms with Gasteiger partial charge in [-0.05, 0) is 68.6 Å². The zero-order valence-electron chi connectivity index (χ0n) is 14.9. The molecule has 1 saturated heterocycles. The van der Waals surface area contributed by atoms with E-state index >= 15 is 0 Å². The number of benzene rings is 2. The Kier molecular flexibility index (Phi) is 5.89. The Balaban J connectivity index is 1.89. The topological polar surface area (TPSA) is 30.5 Å². The standard InChI is InChI=1S/C20H21F4NO2/c1-13-2-4-17(21)16(10-13)15-3-5-18(27-20(22,23)24)19(11-15)26-12-14-6-8-25-9-7-14/h2-5,10-11,14,25H,6-9,12H2,1H3. The van der Waals surface area contributed by atoms with Crippen LogP contribution in [-0.2, 0) is 0 Å². The minimum absolute atomic E-state index is 0.0377. The summed E-state index contributed by atoms with van der Waals surface area (Å²) in [6.45, 7) is 3.82. The summed E-state index contributed by atoms with van der Waals surface area (Å²) in [7, 11) is 0. The Morgan fingerprint density at radius 3 is 2.48 bits per heavy atom. The molecule has 1 heterocycles. The number of hydrogen-bond donors (Lipinski definition) is 1. The van der Waals surface area contributed by atoms with Crippen LogP contribution in [0.1, 0.15) is 18.4 Å². The molecule has 7 heteroatoms. The van der Waals surface area contributed by atoms with Crippen LogP contribution in [0.5, 0.6) is 11.5 Å². The predicted molar refractivity (Wildman–Crippen MR) is 94.3 cm³/mol. The smallest absolute Gasteiger partial charge is 0.489 e. The van der Waals surface area contributed by atoms with Gasteiger partial charge in [0.15, 0.2) is 11.5 Å². The molecule has 146 valence electrons. The molecule has 2 aromatic rings. The quantitative estimate of drug-likeness (QED) is 0.731. The minimum atomic E-state index is -4.83. The van der Waals surface area contributed by atoms with E-state index in [1.54, 1.807) is 12.1 Å². The van der Waals surface area contributed by atoms with Gasteiger partial charge in [-0.25, -0.2) is 4.39 Å². The number of nitrogens with one attached hydrogen (secondary N) is 1. The molecule has 0 radical (unpaired) electrons. The van der Waals surface area contributed by atoms with Crippen LogP contribution in [0.25, 0.3) is 11.1 Å². The first-order valence-electron chi connectivity index (χ1n) is 8.81. The summed E-state index contributed by atoms with van der Waals surface area (Å²) in [5.74, 6) is -0.656. The molecular weight excluding hydrogens is 362 g/mol. The van der Waals surface area contributed by atoms with E-state index in [1.165, 1.54) is 24.3 Å².